The van der Waals surface area contributed by atoms with E-state index in [1.54, 1.807) is 36.4 Å². The van der Waals surface area contributed by atoms with Crippen molar-refractivity contribution in [2.45, 2.75) is 13.5 Å². The summed E-state index contributed by atoms with van der Waals surface area (Å²) in [7, 11) is 0. The van der Waals surface area contributed by atoms with Gasteiger partial charge in [0, 0.05) is 27.6 Å². The van der Waals surface area contributed by atoms with Crippen molar-refractivity contribution in [2.75, 3.05) is 6.61 Å². The summed E-state index contributed by atoms with van der Waals surface area (Å²) in [6, 6.07) is 14.8. The third-order valence-electron chi connectivity index (χ3n) is 4.84. The minimum Gasteiger partial charge on any atom is -0.493 e. The van der Waals surface area contributed by atoms with Crippen molar-refractivity contribution in [3.05, 3.63) is 98.7 Å². The van der Waals surface area contributed by atoms with Crippen LogP contribution in [0.2, 0.25) is 0 Å². The van der Waals surface area contributed by atoms with E-state index in [1.807, 2.05) is 19.1 Å². The van der Waals surface area contributed by atoms with Gasteiger partial charge in [-0.1, -0.05) is 15.9 Å². The first-order valence-corrected chi connectivity index (χ1v) is 11.4. The van der Waals surface area contributed by atoms with E-state index in [-0.39, 0.29) is 23.4 Å². The molecule has 0 saturated carbocycles. The number of halogens is 1. The van der Waals surface area contributed by atoms with Crippen LogP contribution >= 0.6 is 15.9 Å². The van der Waals surface area contributed by atoms with Crippen LogP contribution in [0.3, 0.4) is 0 Å². The molecule has 0 radical (unpaired) electrons. The van der Waals surface area contributed by atoms with Gasteiger partial charge in [0.25, 0.3) is 5.91 Å². The third kappa shape index (κ3) is 6.07. The van der Waals surface area contributed by atoms with Gasteiger partial charge in [0.1, 0.15) is 28.4 Å². The minimum absolute atomic E-state index is 0.137. The lowest BCUT2D eigenvalue weighted by Crippen LogP contribution is -2.27. The van der Waals surface area contributed by atoms with E-state index in [0.29, 0.717) is 29.1 Å². The van der Waals surface area contributed by atoms with Gasteiger partial charge in [0.05, 0.1) is 19.4 Å². The van der Waals surface area contributed by atoms with Crippen LogP contribution in [0.4, 0.5) is 0 Å². The predicted molar refractivity (Wildman–Crippen MR) is 132 cm³/mol. The Balaban J connectivity index is 1.47. The molecule has 4 aromatic rings. The molecule has 0 saturated heterocycles. The Bertz CT molecular complexity index is 1450. The maximum Gasteiger partial charge on any atom is 0.349 e. The Hall–Kier alpha value is -4.11. The fraction of sp³-hybridized carbons (Fsp3) is 0.115. The Kier molecular flexibility index (Phi) is 7.47. The Labute approximate surface area is 208 Å². The third-order valence-corrected chi connectivity index (χ3v) is 5.34. The highest BCUT2D eigenvalue weighted by molar-refractivity contribution is 9.10. The first-order valence-electron chi connectivity index (χ1n) is 10.6. The summed E-state index contributed by atoms with van der Waals surface area (Å²) in [5, 5.41) is 3.10. The molecule has 0 aliphatic heterocycles. The molecule has 8 nitrogen and oxygen atoms in total. The fourth-order valence-corrected chi connectivity index (χ4v) is 3.61. The molecule has 0 atom stereocenters. The van der Waals surface area contributed by atoms with E-state index in [0.717, 1.165) is 4.47 Å². The number of hydrogen-bond acceptors (Lipinski definition) is 7. The zero-order valence-corrected chi connectivity index (χ0v) is 20.2. The zero-order valence-electron chi connectivity index (χ0n) is 18.6. The average molecular weight is 538 g/mol. The summed E-state index contributed by atoms with van der Waals surface area (Å²) in [6.07, 6.45) is 4.36. The topological polar surface area (TPSA) is 108 Å². The molecule has 9 heteroatoms. The van der Waals surface area contributed by atoms with Crippen molar-refractivity contribution in [1.82, 2.24) is 5.32 Å². The Morgan fingerprint density at radius 1 is 1.11 bits per heavy atom. The van der Waals surface area contributed by atoms with Crippen LogP contribution in [0, 0.1) is 0 Å². The van der Waals surface area contributed by atoms with Gasteiger partial charge in [-0.25, -0.2) is 9.59 Å². The molecule has 0 bridgehead atoms. The molecular weight excluding hydrogens is 518 g/mol. The van der Waals surface area contributed by atoms with Gasteiger partial charge in [-0.2, -0.15) is 0 Å². The highest BCUT2D eigenvalue weighted by Gasteiger charge is 2.15. The summed E-state index contributed by atoms with van der Waals surface area (Å²) in [5.74, 6) is 0.165. The number of nitrogens with one attached hydrogen (secondary N) is 1. The molecule has 4 rings (SSSR count). The largest absolute Gasteiger partial charge is 0.493 e. The second-order valence-corrected chi connectivity index (χ2v) is 8.19. The second kappa shape index (κ2) is 10.9. The number of fused-ring (bicyclic) bond motifs is 1. The zero-order chi connectivity index (χ0) is 24.8. The monoisotopic (exact) mass is 537 g/mol. The Morgan fingerprint density at radius 3 is 2.74 bits per heavy atom. The van der Waals surface area contributed by atoms with Gasteiger partial charge < -0.3 is 23.6 Å². The van der Waals surface area contributed by atoms with Gasteiger partial charge in [-0.15, -0.1) is 0 Å². The molecule has 2 heterocycles. The molecule has 0 fully saturated rings. The average Bonchev–Trinajstić information content (AvgIpc) is 3.36. The van der Waals surface area contributed by atoms with Crippen molar-refractivity contribution in [3.63, 3.8) is 0 Å². The van der Waals surface area contributed by atoms with Crippen molar-refractivity contribution >= 4 is 44.9 Å². The van der Waals surface area contributed by atoms with E-state index in [1.165, 1.54) is 24.5 Å². The number of amides is 1. The number of esters is 1. The molecule has 178 valence electrons. The molecule has 1 amide bonds. The summed E-state index contributed by atoms with van der Waals surface area (Å²) in [5.41, 5.74) is -0.0650. The van der Waals surface area contributed by atoms with Crippen LogP contribution in [0.15, 0.2) is 85.0 Å². The van der Waals surface area contributed by atoms with Gasteiger partial charge in [-0.05, 0) is 61.5 Å². The van der Waals surface area contributed by atoms with Crippen LogP contribution in [0.25, 0.3) is 17.0 Å². The first kappa shape index (κ1) is 24.0. The normalized spacial score (nSPS) is 11.0. The lowest BCUT2D eigenvalue weighted by molar-refractivity contribution is -0.128. The highest BCUT2D eigenvalue weighted by atomic mass is 79.9. The maximum absolute atomic E-state index is 12.4. The van der Waals surface area contributed by atoms with Crippen LogP contribution in [0.5, 0.6) is 11.5 Å². The highest BCUT2D eigenvalue weighted by Crippen LogP contribution is 2.25. The number of benzene rings is 2. The van der Waals surface area contributed by atoms with Crippen molar-refractivity contribution < 1.29 is 27.9 Å². The number of hydrogen-bond donors (Lipinski definition) is 1. The molecule has 0 spiro atoms. The summed E-state index contributed by atoms with van der Waals surface area (Å²) in [4.78, 5) is 37.1. The number of ether oxygens (including phenoxy) is 2. The smallest absolute Gasteiger partial charge is 0.349 e. The quantitative estimate of drug-likeness (QED) is 0.144. The van der Waals surface area contributed by atoms with Gasteiger partial charge in [0.15, 0.2) is 0 Å². The van der Waals surface area contributed by atoms with Crippen molar-refractivity contribution in [2.24, 2.45) is 0 Å². The van der Waals surface area contributed by atoms with E-state index in [2.05, 4.69) is 21.2 Å². The van der Waals surface area contributed by atoms with E-state index in [4.69, 9.17) is 18.3 Å². The summed E-state index contributed by atoms with van der Waals surface area (Å²) >= 11 is 3.40. The van der Waals surface area contributed by atoms with Gasteiger partial charge in [0.2, 0.25) is 0 Å². The van der Waals surface area contributed by atoms with Crippen LogP contribution in [-0.2, 0) is 11.3 Å². The minimum atomic E-state index is -0.809. The fourth-order valence-electron chi connectivity index (χ4n) is 3.23. The van der Waals surface area contributed by atoms with Gasteiger partial charge in [-0.3, -0.25) is 4.79 Å². The molecule has 0 unspecified atom stereocenters. The first-order chi connectivity index (χ1) is 16.9. The van der Waals surface area contributed by atoms with Crippen LogP contribution < -0.4 is 20.4 Å². The van der Waals surface area contributed by atoms with Crippen molar-refractivity contribution in [1.29, 1.82) is 0 Å². The SMILES string of the molecule is CCOc1ccc(Br)cc1/C=C/C(=O)Oc1ccc2cc(C(=O)NCc3ccco3)c(=O)oc2c1. The lowest BCUT2D eigenvalue weighted by Gasteiger charge is -2.07. The molecule has 0 aliphatic rings. The molecule has 1 N–H and O–H groups in total. The standard InChI is InChI=1S/C26H20BrNO7/c1-2-32-22-9-7-18(27)12-16(22)6-10-24(29)34-19-8-5-17-13-21(26(31)35-23(17)14-19)25(30)28-15-20-4-3-11-33-20/h3-14H,2,15H2,1H3,(H,28,30)/b10-6+. The molecule has 2 aromatic carbocycles. The Morgan fingerprint density at radius 2 is 1.97 bits per heavy atom. The summed E-state index contributed by atoms with van der Waals surface area (Å²) < 4.78 is 22.2. The second-order valence-electron chi connectivity index (χ2n) is 7.28. The molecular formula is C26H20BrNO7. The lowest BCUT2D eigenvalue weighted by atomic mass is 10.1. The molecule has 35 heavy (non-hydrogen) atoms. The van der Waals surface area contributed by atoms with E-state index >= 15 is 0 Å². The number of carbonyl (C=O) groups is 2. The maximum atomic E-state index is 12.4. The van der Waals surface area contributed by atoms with Crippen molar-refractivity contribution in [3.8, 4) is 11.5 Å². The summed E-state index contributed by atoms with van der Waals surface area (Å²) in [6.45, 7) is 2.50. The molecule has 0 aliphatic carbocycles. The number of rotatable bonds is 8. The van der Waals surface area contributed by atoms with Crippen LogP contribution in [-0.4, -0.2) is 18.5 Å². The van der Waals surface area contributed by atoms with E-state index in [9.17, 15) is 14.4 Å². The van der Waals surface area contributed by atoms with Crippen LogP contribution in [0.1, 0.15) is 28.6 Å². The van der Waals surface area contributed by atoms with E-state index < -0.39 is 17.5 Å². The predicted octanol–water partition coefficient (Wildman–Crippen LogP) is 5.10. The molecule has 2 aromatic heterocycles. The number of carbonyl (C=O) groups excluding carboxylic acids is 2. The number of furan rings is 1. The van der Waals surface area contributed by atoms with Gasteiger partial charge >= 0.3 is 11.6 Å².